The minimum Gasteiger partial charge on any atom is -0.393 e. The van der Waals surface area contributed by atoms with Crippen molar-refractivity contribution in [1.82, 2.24) is 76.7 Å². The number of aryl methyl sites for hydroxylation is 3. The normalized spacial score (nSPS) is 16.9. The van der Waals surface area contributed by atoms with Crippen molar-refractivity contribution in [2.45, 2.75) is 184 Å². The first-order valence-corrected chi connectivity index (χ1v) is 47.8. The van der Waals surface area contributed by atoms with E-state index in [1.54, 1.807) is 93.3 Å². The lowest BCUT2D eigenvalue weighted by Gasteiger charge is -2.29. The standard InChI is InChI=1S/C25H25ClFN5O3S.C24H23ClFN5O3S.C19H14ClFN4O4S2.C18H19ClFN5O.4CH4/c1-15-6-8-19(9-7-15)36(33,34)32-14-21(20-10-16(26)12-29-25(20)32)23-28-13-22(27)24(31-23)30-17-4-3-5-18(11-17)35-2;1-14-5-7-18(8-6-14)35(33,34)31-13-20(19-9-15(25)11-28-24(19)31)22-27-12-21(26)23(30-22)29-16-3-2-4-17(32)10-16;1-11-3-5-13(6-4-11)31(28,29)25-10-15(14-7-12(20)8-23-18(14)25)17-22-9-16(21)19(24-17)30(2,26)27;1-26-12-4-2-3-11(6-12)24-18-15(20)9-23-17(25-18)14-8-22-16-13(14)5-10(19)7-21-16;;;;/h6-10,12-14,17-18H,3-5,11H2,1-2H3,(H,28,30,31);5-9,11-13,16-17,32H,2-4,10H2,1H3,(H,27,29,30);3-10H,1-2H3;5,7-9,11-12H,2-4,6H2,1H3,(H,21,22)(H,23,24,25);4*1H4. The van der Waals surface area contributed by atoms with Gasteiger partial charge in [-0.05, 0) is 158 Å². The molecule has 3 aliphatic rings. The third kappa shape index (κ3) is 22.3. The summed E-state index contributed by atoms with van der Waals surface area (Å²) >= 11 is 24.5. The Morgan fingerprint density at radius 1 is 0.402 bits per heavy atom. The van der Waals surface area contributed by atoms with Crippen molar-refractivity contribution in [2.24, 2.45) is 0 Å². The first-order chi connectivity index (χ1) is 61.1. The van der Waals surface area contributed by atoms with Gasteiger partial charge in [0, 0.05) is 132 Å². The zero-order chi connectivity index (χ0) is 90.8. The Kier molecular flexibility index (Phi) is 32.4. The SMILES string of the molecule is C.C.C.C.COC1CCCC(Nc2nc(-c3c[nH]c4ncc(Cl)cc34)ncc2F)C1.COC1CCCC(Nc2nc(-c3cn(S(=O)(=O)c4ccc(C)cc4)c4ncc(Cl)cc34)ncc2F)C1.Cc1ccc(S(=O)(=O)n2cc(-c3ncc(F)c(NC4CCCC(O)C4)n3)c3cc(Cl)cnc32)cc1.Cc1ccc(S(=O)(=O)n2cc(-c3ncc(F)c(S(C)(=O)=O)n3)c3cc(Cl)cnc32)cc1. The predicted octanol–water partition coefficient (Wildman–Crippen LogP) is 19.7. The highest BCUT2D eigenvalue weighted by atomic mass is 35.5. The number of hydrogen-bond acceptors (Lipinski definition) is 26. The number of aliphatic hydroxyl groups is 1. The van der Waals surface area contributed by atoms with Gasteiger partial charge in [-0.1, -0.05) is 129 Å². The number of nitrogens with one attached hydrogen (secondary N) is 4. The Bertz CT molecular complexity index is 7200. The molecule has 698 valence electrons. The average Bonchev–Trinajstić information content (AvgIpc) is 1.62. The number of methoxy groups -OCH3 is 2. The number of nitrogens with zero attached hydrogens (tertiary/aromatic N) is 15. The van der Waals surface area contributed by atoms with Crippen LogP contribution in [0.1, 0.15) is 123 Å². The van der Waals surface area contributed by atoms with Crippen molar-refractivity contribution in [3.8, 4) is 45.6 Å². The molecule has 0 amide bonds. The van der Waals surface area contributed by atoms with E-state index < -0.39 is 74.3 Å². The number of anilines is 3. The molecule has 12 aromatic heterocycles. The average molecular weight is 1970 g/mol. The third-order valence-electron chi connectivity index (χ3n) is 21.8. The summed E-state index contributed by atoms with van der Waals surface area (Å²) in [5.41, 5.74) is 5.38. The lowest BCUT2D eigenvalue weighted by Crippen LogP contribution is -2.31. The number of rotatable bonds is 19. The topological polar surface area (TPSA) is 397 Å². The zero-order valence-electron chi connectivity index (χ0n) is 69.0. The van der Waals surface area contributed by atoms with Gasteiger partial charge in [-0.2, -0.15) is 0 Å². The minimum absolute atomic E-state index is 0. The van der Waals surface area contributed by atoms with Gasteiger partial charge < -0.3 is 35.5 Å². The van der Waals surface area contributed by atoms with E-state index in [4.69, 9.17) is 55.9 Å². The van der Waals surface area contributed by atoms with Crippen molar-refractivity contribution in [2.75, 3.05) is 36.4 Å². The summed E-state index contributed by atoms with van der Waals surface area (Å²) < 4.78 is 176. The maximum absolute atomic E-state index is 14.7. The molecule has 0 saturated heterocycles. The summed E-state index contributed by atoms with van der Waals surface area (Å²) in [5, 5.41) is 21.9. The van der Waals surface area contributed by atoms with Crippen LogP contribution >= 0.6 is 46.4 Å². The van der Waals surface area contributed by atoms with Crippen LogP contribution < -0.4 is 16.0 Å². The smallest absolute Gasteiger partial charge is 0.269 e. The van der Waals surface area contributed by atoms with Gasteiger partial charge in [0.25, 0.3) is 30.1 Å². The largest absolute Gasteiger partial charge is 0.393 e. The van der Waals surface area contributed by atoms with E-state index in [0.29, 0.717) is 61.1 Å². The molecule has 30 nitrogen and oxygen atoms in total. The molecule has 6 unspecified atom stereocenters. The number of pyridine rings is 4. The molecular weight excluding hydrogens is 1870 g/mol. The number of ether oxygens (including phenoxy) is 2. The van der Waals surface area contributed by atoms with Crippen LogP contribution in [0.2, 0.25) is 20.1 Å². The molecule has 0 spiro atoms. The molecule has 42 heteroatoms. The van der Waals surface area contributed by atoms with Crippen LogP contribution in [-0.4, -0.2) is 172 Å². The maximum Gasteiger partial charge on any atom is 0.269 e. The molecule has 132 heavy (non-hydrogen) atoms. The summed E-state index contributed by atoms with van der Waals surface area (Å²) in [7, 11) is -12.6. The number of fused-ring (bicyclic) bond motifs is 4. The van der Waals surface area contributed by atoms with E-state index in [1.807, 2.05) is 20.8 Å². The van der Waals surface area contributed by atoms with E-state index in [0.717, 1.165) is 129 Å². The predicted molar refractivity (Wildman–Crippen MR) is 506 cm³/mol. The zero-order valence-corrected chi connectivity index (χ0v) is 75.3. The van der Waals surface area contributed by atoms with E-state index in [2.05, 4.69) is 80.7 Å². The Morgan fingerprint density at radius 3 is 1.05 bits per heavy atom. The number of H-pyrrole nitrogens is 1. The molecule has 0 aliphatic heterocycles. The molecule has 3 saturated carbocycles. The monoisotopic (exact) mass is 1960 g/mol. The highest BCUT2D eigenvalue weighted by Gasteiger charge is 2.33. The lowest BCUT2D eigenvalue weighted by molar-refractivity contribution is 0.0667. The van der Waals surface area contributed by atoms with Crippen molar-refractivity contribution in [3.05, 3.63) is 231 Å². The molecular formula is C90H97Cl4F4N19O11S4. The molecule has 6 atom stereocenters. The van der Waals surface area contributed by atoms with Gasteiger partial charge in [0.15, 0.2) is 95.8 Å². The maximum atomic E-state index is 14.7. The van der Waals surface area contributed by atoms with Crippen molar-refractivity contribution >= 4 is 148 Å². The number of halogens is 8. The summed E-state index contributed by atoms with van der Waals surface area (Å²) in [5.74, 6) is -2.04. The molecule has 15 aromatic rings. The van der Waals surface area contributed by atoms with Crippen LogP contribution in [0.25, 0.3) is 89.7 Å². The number of aromatic amines is 1. The summed E-state index contributed by atoms with van der Waals surface area (Å²) in [6, 6.07) is 25.7. The van der Waals surface area contributed by atoms with Crippen LogP contribution in [0.3, 0.4) is 0 Å². The minimum atomic E-state index is -4.07. The van der Waals surface area contributed by atoms with E-state index in [1.165, 1.54) is 73.7 Å². The van der Waals surface area contributed by atoms with E-state index in [9.17, 15) is 56.3 Å². The number of aromatic nitrogens is 16. The van der Waals surface area contributed by atoms with Gasteiger partial charge in [-0.15, -0.1) is 0 Å². The summed E-state index contributed by atoms with van der Waals surface area (Å²) in [6.45, 7) is 5.58. The van der Waals surface area contributed by atoms with E-state index in [-0.39, 0.29) is 143 Å². The molecule has 3 fully saturated rings. The first kappa shape index (κ1) is 101. The van der Waals surface area contributed by atoms with Crippen molar-refractivity contribution in [1.29, 1.82) is 0 Å². The second kappa shape index (κ2) is 42.3. The fraction of sp³-hybridized carbons (Fsp3) is 0.311. The second-order valence-electron chi connectivity index (χ2n) is 31.0. The fourth-order valence-electron chi connectivity index (χ4n) is 15.3. The number of sulfone groups is 1. The Hall–Kier alpha value is -11.3. The lowest BCUT2D eigenvalue weighted by atomic mass is 9.93. The Morgan fingerprint density at radius 2 is 0.712 bits per heavy atom. The second-order valence-corrected chi connectivity index (χ2v) is 40.1. The van der Waals surface area contributed by atoms with Gasteiger partial charge in [-0.25, -0.2) is 123 Å². The van der Waals surface area contributed by atoms with Crippen LogP contribution in [0.15, 0.2) is 191 Å². The van der Waals surface area contributed by atoms with Crippen molar-refractivity contribution in [3.63, 3.8) is 0 Å². The van der Waals surface area contributed by atoms with Crippen LogP contribution in [-0.2, 0) is 49.4 Å². The van der Waals surface area contributed by atoms with Gasteiger partial charge in [-0.3, -0.25) is 0 Å². The molecule has 0 radical (unpaired) electrons. The molecule has 0 bridgehead atoms. The highest BCUT2D eigenvalue weighted by molar-refractivity contribution is 7.91. The van der Waals surface area contributed by atoms with E-state index >= 15 is 0 Å². The molecule has 18 rings (SSSR count). The molecule has 3 aromatic carbocycles. The van der Waals surface area contributed by atoms with Crippen LogP contribution in [0.4, 0.5) is 35.0 Å². The van der Waals surface area contributed by atoms with Crippen molar-refractivity contribution < 1.29 is 65.8 Å². The molecule has 5 N–H and O–H groups in total. The molecule has 12 heterocycles. The fourth-order valence-corrected chi connectivity index (χ4v) is 20.5. The van der Waals surface area contributed by atoms with Crippen LogP contribution in [0, 0.1) is 44.0 Å². The summed E-state index contributed by atoms with van der Waals surface area (Å²) in [4.78, 5) is 53.5. The van der Waals surface area contributed by atoms with Gasteiger partial charge in [0.2, 0.25) is 0 Å². The highest BCUT2D eigenvalue weighted by Crippen LogP contribution is 2.39. The number of aliphatic hydroxyl groups excluding tert-OH is 1. The Balaban J connectivity index is 0.000000169. The van der Waals surface area contributed by atoms with Gasteiger partial charge in [0.1, 0.15) is 5.65 Å². The van der Waals surface area contributed by atoms with Crippen LogP contribution in [0.5, 0.6) is 0 Å². The summed E-state index contributed by atoms with van der Waals surface area (Å²) in [6.07, 6.45) is 26.3. The Labute approximate surface area is 782 Å². The third-order valence-corrected chi connectivity index (χ3v) is 28.6. The molecule has 3 aliphatic carbocycles. The van der Waals surface area contributed by atoms with Gasteiger partial charge >= 0.3 is 0 Å². The quantitative estimate of drug-likeness (QED) is 0.0371. The first-order valence-electron chi connectivity index (χ1n) is 40.0. The number of benzene rings is 3. The van der Waals surface area contributed by atoms with Gasteiger partial charge in [0.05, 0.1) is 77.9 Å². The number of hydrogen-bond donors (Lipinski definition) is 5.